The van der Waals surface area contributed by atoms with Gasteiger partial charge >= 0.3 is 6.03 Å². The largest absolute Gasteiger partial charge is 0.352 e. The van der Waals surface area contributed by atoms with Crippen LogP contribution in [-0.4, -0.2) is 12.1 Å². The van der Waals surface area contributed by atoms with E-state index in [0.29, 0.717) is 0 Å². The number of carbonyl (C=O) groups excluding carboxylic acids is 1. The Hall–Kier alpha value is -2.28. The first kappa shape index (κ1) is 10.8. The van der Waals surface area contributed by atoms with Gasteiger partial charge in [-0.3, -0.25) is 0 Å². The lowest BCUT2D eigenvalue weighted by Crippen LogP contribution is -2.36. The van der Waals surface area contributed by atoms with E-state index < -0.39 is 12.1 Å². The summed E-state index contributed by atoms with van der Waals surface area (Å²) in [5.74, 6) is 0. The molecular formula is C11H11N3O. The first-order valence-corrected chi connectivity index (χ1v) is 4.41. The molecule has 0 bridgehead atoms. The lowest BCUT2D eigenvalue weighted by Gasteiger charge is -2.02. The van der Waals surface area contributed by atoms with Crippen molar-refractivity contribution < 1.29 is 4.79 Å². The van der Waals surface area contributed by atoms with Crippen LogP contribution in [0.3, 0.4) is 0 Å². The smallest absolute Gasteiger partial charge is 0.313 e. The number of hydrogen-bond acceptors (Lipinski definition) is 2. The van der Waals surface area contributed by atoms with Gasteiger partial charge in [0, 0.05) is 0 Å². The summed E-state index contributed by atoms with van der Waals surface area (Å²) in [5, 5.41) is 11.0. The molecule has 0 aliphatic heterocycles. The minimum Gasteiger partial charge on any atom is -0.352 e. The quantitative estimate of drug-likeness (QED) is 0.772. The Labute approximate surface area is 88.0 Å². The van der Waals surface area contributed by atoms with Crippen LogP contribution in [0.1, 0.15) is 5.56 Å². The van der Waals surface area contributed by atoms with Gasteiger partial charge in [0.05, 0.1) is 6.07 Å². The van der Waals surface area contributed by atoms with Crippen LogP contribution in [0.5, 0.6) is 0 Å². The summed E-state index contributed by atoms with van der Waals surface area (Å²) in [6.07, 6.45) is 3.34. The summed E-state index contributed by atoms with van der Waals surface area (Å²) in [6.45, 7) is 0. The summed E-state index contributed by atoms with van der Waals surface area (Å²) in [5.41, 5.74) is 5.86. The Morgan fingerprint density at radius 2 is 2.13 bits per heavy atom. The third-order valence-electron chi connectivity index (χ3n) is 1.72. The second kappa shape index (κ2) is 5.45. The number of carbonyl (C=O) groups is 1. The van der Waals surface area contributed by atoms with Crippen molar-refractivity contribution in [2.75, 3.05) is 0 Å². The fraction of sp³-hybridized carbons (Fsp3) is 0.0909. The standard InChI is InChI=1S/C11H11N3O/c12-8-10(14-11(13)15)7-6-9-4-2-1-3-5-9/h1-7,10H,(H3,13,14,15)/b7-6+. The molecule has 1 rings (SSSR count). The predicted octanol–water partition coefficient (Wildman–Crippen LogP) is 1.26. The van der Waals surface area contributed by atoms with E-state index in [1.165, 1.54) is 0 Å². The number of nitriles is 1. The Morgan fingerprint density at radius 1 is 1.47 bits per heavy atom. The van der Waals surface area contributed by atoms with Crippen LogP contribution in [0.4, 0.5) is 4.79 Å². The maximum atomic E-state index is 10.5. The maximum Gasteiger partial charge on any atom is 0.313 e. The molecule has 1 aromatic rings. The van der Waals surface area contributed by atoms with Gasteiger partial charge in [-0.2, -0.15) is 5.26 Å². The summed E-state index contributed by atoms with van der Waals surface area (Å²) in [4.78, 5) is 10.5. The van der Waals surface area contributed by atoms with Crippen LogP contribution in [-0.2, 0) is 0 Å². The number of nitrogens with one attached hydrogen (secondary N) is 1. The molecule has 1 unspecified atom stereocenters. The molecule has 1 aromatic carbocycles. The van der Waals surface area contributed by atoms with Gasteiger partial charge in [-0.05, 0) is 11.6 Å². The van der Waals surface area contributed by atoms with Crippen LogP contribution >= 0.6 is 0 Å². The summed E-state index contributed by atoms with van der Waals surface area (Å²) < 4.78 is 0. The van der Waals surface area contributed by atoms with Gasteiger partial charge in [-0.25, -0.2) is 4.79 Å². The third-order valence-corrected chi connectivity index (χ3v) is 1.72. The number of benzene rings is 1. The Balaban J connectivity index is 2.64. The lowest BCUT2D eigenvalue weighted by atomic mass is 10.2. The molecule has 0 fully saturated rings. The van der Waals surface area contributed by atoms with Crippen molar-refractivity contribution in [2.24, 2.45) is 5.73 Å². The molecule has 4 nitrogen and oxygen atoms in total. The first-order chi connectivity index (χ1) is 7.22. The molecule has 0 saturated heterocycles. The molecule has 2 amide bonds. The van der Waals surface area contributed by atoms with E-state index in [2.05, 4.69) is 5.32 Å². The maximum absolute atomic E-state index is 10.5. The van der Waals surface area contributed by atoms with Gasteiger partial charge in [-0.15, -0.1) is 0 Å². The highest BCUT2D eigenvalue weighted by Gasteiger charge is 2.02. The number of nitrogens with two attached hydrogens (primary N) is 1. The molecule has 76 valence electrons. The molecular weight excluding hydrogens is 190 g/mol. The van der Waals surface area contributed by atoms with E-state index in [0.717, 1.165) is 5.56 Å². The fourth-order valence-corrected chi connectivity index (χ4v) is 1.05. The molecule has 0 aliphatic carbocycles. The highest BCUT2D eigenvalue weighted by Crippen LogP contribution is 2.01. The van der Waals surface area contributed by atoms with Crippen molar-refractivity contribution in [3.63, 3.8) is 0 Å². The first-order valence-electron chi connectivity index (χ1n) is 4.41. The van der Waals surface area contributed by atoms with Crippen molar-refractivity contribution >= 4 is 12.1 Å². The number of amides is 2. The topological polar surface area (TPSA) is 78.9 Å². The summed E-state index contributed by atoms with van der Waals surface area (Å²) in [7, 11) is 0. The van der Waals surface area contributed by atoms with Crippen LogP contribution in [0, 0.1) is 11.3 Å². The molecule has 0 radical (unpaired) electrons. The minimum atomic E-state index is -0.709. The lowest BCUT2D eigenvalue weighted by molar-refractivity contribution is 0.248. The van der Waals surface area contributed by atoms with E-state index in [4.69, 9.17) is 11.0 Å². The number of rotatable bonds is 3. The monoisotopic (exact) mass is 201 g/mol. The van der Waals surface area contributed by atoms with Crippen molar-refractivity contribution in [3.05, 3.63) is 42.0 Å². The van der Waals surface area contributed by atoms with Crippen LogP contribution in [0.2, 0.25) is 0 Å². The molecule has 3 N–H and O–H groups in total. The van der Waals surface area contributed by atoms with E-state index in [1.807, 2.05) is 36.4 Å². The Bertz CT molecular complexity index is 392. The zero-order chi connectivity index (χ0) is 11.1. The molecule has 0 saturated carbocycles. The van der Waals surface area contributed by atoms with E-state index in [9.17, 15) is 4.79 Å². The van der Waals surface area contributed by atoms with E-state index in [-0.39, 0.29) is 0 Å². The van der Waals surface area contributed by atoms with Crippen LogP contribution < -0.4 is 11.1 Å². The molecule has 0 heterocycles. The van der Waals surface area contributed by atoms with Crippen molar-refractivity contribution in [1.82, 2.24) is 5.32 Å². The van der Waals surface area contributed by atoms with Crippen molar-refractivity contribution in [2.45, 2.75) is 6.04 Å². The van der Waals surface area contributed by atoms with Crippen LogP contribution in [0.25, 0.3) is 6.08 Å². The Kier molecular flexibility index (Phi) is 3.92. The average Bonchev–Trinajstić information content (AvgIpc) is 2.25. The summed E-state index contributed by atoms with van der Waals surface area (Å²) in [6, 6.07) is 9.99. The second-order valence-corrected chi connectivity index (χ2v) is 2.89. The second-order valence-electron chi connectivity index (χ2n) is 2.89. The highest BCUT2D eigenvalue weighted by molar-refractivity contribution is 5.73. The molecule has 0 spiro atoms. The minimum absolute atomic E-state index is 0.692. The average molecular weight is 201 g/mol. The molecule has 0 aromatic heterocycles. The zero-order valence-electron chi connectivity index (χ0n) is 8.05. The van der Waals surface area contributed by atoms with E-state index in [1.54, 1.807) is 12.2 Å². The molecule has 4 heteroatoms. The highest BCUT2D eigenvalue weighted by atomic mass is 16.2. The molecule has 1 atom stereocenters. The van der Waals surface area contributed by atoms with Crippen molar-refractivity contribution in [1.29, 1.82) is 5.26 Å². The van der Waals surface area contributed by atoms with E-state index >= 15 is 0 Å². The van der Waals surface area contributed by atoms with Gasteiger partial charge in [0.15, 0.2) is 0 Å². The van der Waals surface area contributed by atoms with Gasteiger partial charge in [0.1, 0.15) is 6.04 Å². The number of urea groups is 1. The number of primary amides is 1. The third kappa shape index (κ3) is 3.96. The van der Waals surface area contributed by atoms with Crippen LogP contribution in [0.15, 0.2) is 36.4 Å². The number of nitrogens with zero attached hydrogens (tertiary/aromatic N) is 1. The summed E-state index contributed by atoms with van der Waals surface area (Å²) >= 11 is 0. The van der Waals surface area contributed by atoms with Gasteiger partial charge in [0.25, 0.3) is 0 Å². The number of hydrogen-bond donors (Lipinski definition) is 2. The predicted molar refractivity (Wildman–Crippen MR) is 57.6 cm³/mol. The fourth-order valence-electron chi connectivity index (χ4n) is 1.05. The van der Waals surface area contributed by atoms with Gasteiger partial charge < -0.3 is 11.1 Å². The Morgan fingerprint density at radius 3 is 2.67 bits per heavy atom. The van der Waals surface area contributed by atoms with Gasteiger partial charge in [-0.1, -0.05) is 36.4 Å². The molecule has 0 aliphatic rings. The SMILES string of the molecule is N#CC(/C=C/c1ccccc1)NC(N)=O. The normalized spacial score (nSPS) is 11.9. The van der Waals surface area contributed by atoms with Crippen molar-refractivity contribution in [3.8, 4) is 6.07 Å². The molecule has 15 heavy (non-hydrogen) atoms. The van der Waals surface area contributed by atoms with Gasteiger partial charge in [0.2, 0.25) is 0 Å². The zero-order valence-corrected chi connectivity index (χ0v) is 8.05.